The van der Waals surface area contributed by atoms with E-state index in [0.29, 0.717) is 13.0 Å². The molecule has 1 unspecified atom stereocenters. The zero-order valence-corrected chi connectivity index (χ0v) is 11.8. The van der Waals surface area contributed by atoms with Crippen LogP contribution in [0.4, 0.5) is 0 Å². The maximum absolute atomic E-state index is 11.5. The molecule has 0 aliphatic heterocycles. The topological polar surface area (TPSA) is 42.0 Å². The Bertz CT molecular complexity index is 525. The molecule has 1 amide bonds. The van der Waals surface area contributed by atoms with Crippen LogP contribution in [0.5, 0.6) is 0 Å². The van der Waals surface area contributed by atoms with E-state index in [1.54, 1.807) is 0 Å². The van der Waals surface area contributed by atoms with Gasteiger partial charge in [0.15, 0.2) is 0 Å². The molecular formula is C17H20N2O. The molecule has 0 radical (unpaired) electrons. The molecule has 1 aromatic carbocycles. The monoisotopic (exact) mass is 268 g/mol. The molecule has 1 heterocycles. The summed E-state index contributed by atoms with van der Waals surface area (Å²) in [6.45, 7) is 2.51. The Balaban J connectivity index is 2.10. The van der Waals surface area contributed by atoms with Crippen molar-refractivity contribution in [3.05, 3.63) is 66.0 Å². The number of rotatable bonds is 6. The van der Waals surface area contributed by atoms with Crippen LogP contribution in [0, 0.1) is 0 Å². The minimum absolute atomic E-state index is 0.0898. The second-order valence-electron chi connectivity index (χ2n) is 4.79. The van der Waals surface area contributed by atoms with E-state index in [2.05, 4.69) is 22.4 Å². The van der Waals surface area contributed by atoms with Crippen molar-refractivity contribution in [1.82, 2.24) is 10.3 Å². The van der Waals surface area contributed by atoms with E-state index in [-0.39, 0.29) is 11.8 Å². The summed E-state index contributed by atoms with van der Waals surface area (Å²) in [5, 5.41) is 2.98. The Kier molecular flexibility index (Phi) is 5.30. The number of carbonyl (C=O) groups excluding carboxylic acids is 1. The van der Waals surface area contributed by atoms with Crippen LogP contribution in [-0.4, -0.2) is 17.4 Å². The van der Waals surface area contributed by atoms with E-state index in [1.807, 2.05) is 49.5 Å². The van der Waals surface area contributed by atoms with Crippen LogP contribution < -0.4 is 5.32 Å². The third-order valence-corrected chi connectivity index (χ3v) is 3.32. The number of nitrogens with one attached hydrogen (secondary N) is 1. The van der Waals surface area contributed by atoms with Gasteiger partial charge in [-0.1, -0.05) is 43.3 Å². The van der Waals surface area contributed by atoms with Crippen LogP contribution >= 0.6 is 0 Å². The Labute approximate surface area is 120 Å². The van der Waals surface area contributed by atoms with Crippen molar-refractivity contribution in [3.63, 3.8) is 0 Å². The number of nitrogens with zero attached hydrogens (tertiary/aromatic N) is 1. The average Bonchev–Trinajstić information content (AvgIpc) is 2.53. The number of pyridine rings is 1. The van der Waals surface area contributed by atoms with Crippen molar-refractivity contribution in [2.24, 2.45) is 0 Å². The van der Waals surface area contributed by atoms with Gasteiger partial charge in [-0.2, -0.15) is 0 Å². The van der Waals surface area contributed by atoms with Gasteiger partial charge in [0.25, 0.3) is 0 Å². The summed E-state index contributed by atoms with van der Waals surface area (Å²) in [5.74, 6) is 0.341. The molecule has 0 bridgehead atoms. The minimum atomic E-state index is 0.0898. The Morgan fingerprint density at radius 1 is 1.15 bits per heavy atom. The molecular weight excluding hydrogens is 248 g/mol. The molecule has 104 valence electrons. The molecule has 0 aliphatic rings. The fourth-order valence-electron chi connectivity index (χ4n) is 2.17. The minimum Gasteiger partial charge on any atom is -0.355 e. The summed E-state index contributed by atoms with van der Waals surface area (Å²) in [6.07, 6.45) is 3.15. The third kappa shape index (κ3) is 4.19. The van der Waals surface area contributed by atoms with Gasteiger partial charge in [0.05, 0.1) is 0 Å². The van der Waals surface area contributed by atoms with Gasteiger partial charge in [-0.3, -0.25) is 9.78 Å². The number of benzene rings is 1. The standard InChI is InChI=1S/C17H20N2O/c1-2-17(20)19-13-15(14-8-4-3-5-9-14)12-16-10-6-7-11-18-16/h3-11,15H,2,12-13H2,1H3,(H,19,20). The molecule has 0 aliphatic carbocycles. The number of hydrogen-bond acceptors (Lipinski definition) is 2. The van der Waals surface area contributed by atoms with E-state index in [1.165, 1.54) is 5.56 Å². The lowest BCUT2D eigenvalue weighted by Gasteiger charge is -2.17. The van der Waals surface area contributed by atoms with E-state index in [0.717, 1.165) is 12.1 Å². The highest BCUT2D eigenvalue weighted by Crippen LogP contribution is 2.19. The molecule has 0 fully saturated rings. The predicted octanol–water partition coefficient (Wildman–Crippen LogP) is 2.93. The van der Waals surface area contributed by atoms with Gasteiger partial charge in [-0.05, 0) is 24.1 Å². The van der Waals surface area contributed by atoms with Gasteiger partial charge >= 0.3 is 0 Å². The van der Waals surface area contributed by atoms with Crippen molar-refractivity contribution in [2.45, 2.75) is 25.7 Å². The fraction of sp³-hybridized carbons (Fsp3) is 0.294. The molecule has 1 N–H and O–H groups in total. The molecule has 2 rings (SSSR count). The second kappa shape index (κ2) is 7.43. The number of amides is 1. The highest BCUT2D eigenvalue weighted by Gasteiger charge is 2.13. The first-order valence-electron chi connectivity index (χ1n) is 7.01. The number of carbonyl (C=O) groups is 1. The van der Waals surface area contributed by atoms with Gasteiger partial charge in [0.1, 0.15) is 0 Å². The first-order chi connectivity index (χ1) is 9.79. The molecule has 2 aromatic rings. The van der Waals surface area contributed by atoms with Crippen LogP contribution in [0.15, 0.2) is 54.7 Å². The summed E-state index contributed by atoms with van der Waals surface area (Å²) >= 11 is 0. The van der Waals surface area contributed by atoms with Gasteiger partial charge in [-0.15, -0.1) is 0 Å². The lowest BCUT2D eigenvalue weighted by molar-refractivity contribution is -0.120. The molecule has 1 atom stereocenters. The summed E-state index contributed by atoms with van der Waals surface area (Å²) in [7, 11) is 0. The maximum atomic E-state index is 11.5. The summed E-state index contributed by atoms with van der Waals surface area (Å²) in [5.41, 5.74) is 2.28. The van der Waals surface area contributed by atoms with Gasteiger partial charge in [0.2, 0.25) is 5.91 Å². The predicted molar refractivity (Wildman–Crippen MR) is 80.4 cm³/mol. The first kappa shape index (κ1) is 14.3. The van der Waals surface area contributed by atoms with Crippen LogP contribution in [0.1, 0.15) is 30.5 Å². The Morgan fingerprint density at radius 3 is 2.55 bits per heavy atom. The van der Waals surface area contributed by atoms with Crippen LogP contribution in [0.3, 0.4) is 0 Å². The SMILES string of the molecule is CCC(=O)NCC(Cc1ccccn1)c1ccccc1. The van der Waals surface area contributed by atoms with Crippen LogP contribution in [0.2, 0.25) is 0 Å². The van der Waals surface area contributed by atoms with E-state index in [9.17, 15) is 4.79 Å². The lowest BCUT2D eigenvalue weighted by Crippen LogP contribution is -2.28. The largest absolute Gasteiger partial charge is 0.355 e. The zero-order chi connectivity index (χ0) is 14.2. The Morgan fingerprint density at radius 2 is 1.90 bits per heavy atom. The Hall–Kier alpha value is -2.16. The normalized spacial score (nSPS) is 11.8. The van der Waals surface area contributed by atoms with E-state index in [4.69, 9.17) is 0 Å². The quantitative estimate of drug-likeness (QED) is 0.875. The van der Waals surface area contributed by atoms with Gasteiger partial charge in [0, 0.05) is 30.8 Å². The first-order valence-corrected chi connectivity index (χ1v) is 7.01. The van der Waals surface area contributed by atoms with Crippen LogP contribution in [0.25, 0.3) is 0 Å². The smallest absolute Gasteiger partial charge is 0.219 e. The molecule has 1 aromatic heterocycles. The summed E-state index contributed by atoms with van der Waals surface area (Å²) in [4.78, 5) is 15.9. The second-order valence-corrected chi connectivity index (χ2v) is 4.79. The van der Waals surface area contributed by atoms with Crippen molar-refractivity contribution in [2.75, 3.05) is 6.54 Å². The van der Waals surface area contributed by atoms with Gasteiger partial charge in [-0.25, -0.2) is 0 Å². The number of hydrogen-bond donors (Lipinski definition) is 1. The molecule has 0 saturated carbocycles. The van der Waals surface area contributed by atoms with Crippen molar-refractivity contribution in [3.8, 4) is 0 Å². The molecule has 0 spiro atoms. The molecule has 0 saturated heterocycles. The van der Waals surface area contributed by atoms with Crippen LogP contribution in [-0.2, 0) is 11.2 Å². The van der Waals surface area contributed by atoms with E-state index >= 15 is 0 Å². The van der Waals surface area contributed by atoms with Crippen molar-refractivity contribution < 1.29 is 4.79 Å². The average molecular weight is 268 g/mol. The van der Waals surface area contributed by atoms with E-state index < -0.39 is 0 Å². The molecule has 3 heteroatoms. The summed E-state index contributed by atoms with van der Waals surface area (Å²) in [6, 6.07) is 16.2. The highest BCUT2D eigenvalue weighted by molar-refractivity contribution is 5.75. The van der Waals surface area contributed by atoms with Crippen molar-refractivity contribution >= 4 is 5.91 Å². The fourth-order valence-corrected chi connectivity index (χ4v) is 2.17. The van der Waals surface area contributed by atoms with Crippen molar-refractivity contribution in [1.29, 1.82) is 0 Å². The molecule has 20 heavy (non-hydrogen) atoms. The highest BCUT2D eigenvalue weighted by atomic mass is 16.1. The lowest BCUT2D eigenvalue weighted by atomic mass is 9.94. The number of aromatic nitrogens is 1. The van der Waals surface area contributed by atoms with Gasteiger partial charge < -0.3 is 5.32 Å². The zero-order valence-electron chi connectivity index (χ0n) is 11.8. The summed E-state index contributed by atoms with van der Waals surface area (Å²) < 4.78 is 0. The third-order valence-electron chi connectivity index (χ3n) is 3.32. The maximum Gasteiger partial charge on any atom is 0.219 e. The molecule has 3 nitrogen and oxygen atoms in total.